The predicted octanol–water partition coefficient (Wildman–Crippen LogP) is 0.0189. The minimum Gasteiger partial charge on any atom is -0.389 e. The molecule has 7 heteroatoms. The van der Waals surface area contributed by atoms with E-state index in [0.29, 0.717) is 24.6 Å². The average molecular weight is 240 g/mol. The van der Waals surface area contributed by atoms with Crippen LogP contribution in [0.4, 0.5) is 5.82 Å². The molecule has 16 heavy (non-hydrogen) atoms. The van der Waals surface area contributed by atoms with Crippen molar-refractivity contribution in [2.24, 2.45) is 11.7 Å². The summed E-state index contributed by atoms with van der Waals surface area (Å²) in [6.07, 6.45) is 2.23. The maximum atomic E-state index is 11.8. The summed E-state index contributed by atoms with van der Waals surface area (Å²) in [5.41, 5.74) is 6.03. The van der Waals surface area contributed by atoms with Crippen LogP contribution in [0.1, 0.15) is 12.0 Å². The highest BCUT2D eigenvalue weighted by Gasteiger charge is 2.24. The molecule has 4 N–H and O–H groups in total. The summed E-state index contributed by atoms with van der Waals surface area (Å²) in [5, 5.41) is 9.15. The number of aromatic amines is 1. The molecule has 0 aromatic carbocycles. The van der Waals surface area contributed by atoms with Crippen molar-refractivity contribution in [2.75, 3.05) is 18.5 Å². The number of hydrogen-bond acceptors (Lipinski definition) is 4. The van der Waals surface area contributed by atoms with E-state index in [0.717, 1.165) is 6.42 Å². The monoisotopic (exact) mass is 240 g/mol. The Kier molecular flexibility index (Phi) is 3.16. The van der Waals surface area contributed by atoms with Crippen LogP contribution < -0.4 is 11.1 Å². The van der Waals surface area contributed by atoms with Gasteiger partial charge >= 0.3 is 0 Å². The van der Waals surface area contributed by atoms with Crippen LogP contribution in [0.25, 0.3) is 0 Å². The van der Waals surface area contributed by atoms with Gasteiger partial charge in [0.2, 0.25) is 5.91 Å². The Hall–Kier alpha value is -1.47. The molecule has 1 aliphatic rings. The molecule has 86 valence electrons. The van der Waals surface area contributed by atoms with E-state index in [1.165, 1.54) is 6.20 Å². The van der Waals surface area contributed by atoms with Crippen molar-refractivity contribution in [2.45, 2.75) is 6.42 Å². The summed E-state index contributed by atoms with van der Waals surface area (Å²) in [6.45, 7) is 1.09. The maximum Gasteiger partial charge on any atom is 0.231 e. The van der Waals surface area contributed by atoms with Crippen molar-refractivity contribution < 1.29 is 9.53 Å². The molecular weight excluding hydrogens is 228 g/mol. The molecule has 2 rings (SSSR count). The number of carbonyl (C=O) groups excluding carboxylic acids is 1. The van der Waals surface area contributed by atoms with E-state index in [1.54, 1.807) is 0 Å². The zero-order valence-electron chi connectivity index (χ0n) is 8.53. The van der Waals surface area contributed by atoms with E-state index in [9.17, 15) is 4.79 Å². The third kappa shape index (κ3) is 2.20. The fourth-order valence-electron chi connectivity index (χ4n) is 1.53. The highest BCUT2D eigenvalue weighted by Crippen LogP contribution is 2.16. The summed E-state index contributed by atoms with van der Waals surface area (Å²) >= 11 is 4.83. The molecule has 0 spiro atoms. The fraction of sp³-hybridized carbons (Fsp3) is 0.444. The molecule has 1 amide bonds. The van der Waals surface area contributed by atoms with E-state index in [1.807, 2.05) is 0 Å². The molecule has 1 aromatic rings. The Bertz CT molecular complexity index is 411. The van der Waals surface area contributed by atoms with Gasteiger partial charge in [0.05, 0.1) is 24.3 Å². The normalized spacial score (nSPS) is 19.6. The zero-order chi connectivity index (χ0) is 11.5. The van der Waals surface area contributed by atoms with Crippen molar-refractivity contribution in [1.82, 2.24) is 10.2 Å². The molecule has 6 nitrogen and oxygen atoms in total. The minimum absolute atomic E-state index is 0.0979. The third-order valence-electron chi connectivity index (χ3n) is 2.45. The molecule has 1 saturated heterocycles. The number of hydrogen-bond donors (Lipinski definition) is 3. The van der Waals surface area contributed by atoms with Crippen LogP contribution in [-0.2, 0) is 9.53 Å². The number of thiocarbonyl (C=S) groups is 1. The number of nitrogens with one attached hydrogen (secondary N) is 2. The molecule has 0 saturated carbocycles. The standard InChI is InChI=1S/C9H12N4O2S/c10-7(16)6-3-11-13-8(6)12-9(14)5-1-2-15-4-5/h3,5H,1-2,4H2,(H2,10,16)(H2,11,12,13,14). The number of carbonyl (C=O) groups is 1. The van der Waals surface area contributed by atoms with Crippen molar-refractivity contribution in [3.8, 4) is 0 Å². The van der Waals surface area contributed by atoms with Crippen LogP contribution in [0.5, 0.6) is 0 Å². The van der Waals surface area contributed by atoms with Gasteiger partial charge in [-0.05, 0) is 6.42 Å². The van der Waals surface area contributed by atoms with Crippen LogP contribution in [0.15, 0.2) is 6.20 Å². The SMILES string of the molecule is NC(=S)c1cn[nH]c1NC(=O)C1CCOC1. The second-order valence-corrected chi connectivity index (χ2v) is 4.01. The van der Waals surface area contributed by atoms with Gasteiger partial charge in [-0.1, -0.05) is 12.2 Å². The number of aromatic nitrogens is 2. The van der Waals surface area contributed by atoms with Crippen molar-refractivity contribution in [3.05, 3.63) is 11.8 Å². The van der Waals surface area contributed by atoms with Crippen molar-refractivity contribution >= 4 is 28.9 Å². The number of ether oxygens (including phenoxy) is 1. The molecule has 1 aromatic heterocycles. The predicted molar refractivity (Wildman–Crippen MR) is 62.0 cm³/mol. The van der Waals surface area contributed by atoms with Gasteiger partial charge in [0.15, 0.2) is 0 Å². The van der Waals surface area contributed by atoms with Gasteiger partial charge in [0, 0.05) is 6.61 Å². The zero-order valence-corrected chi connectivity index (χ0v) is 9.34. The van der Waals surface area contributed by atoms with Gasteiger partial charge in [-0.3, -0.25) is 9.89 Å². The summed E-state index contributed by atoms with van der Waals surface area (Å²) in [5.74, 6) is 0.242. The van der Waals surface area contributed by atoms with Crippen molar-refractivity contribution in [3.63, 3.8) is 0 Å². The van der Waals surface area contributed by atoms with E-state index >= 15 is 0 Å². The highest BCUT2D eigenvalue weighted by molar-refractivity contribution is 7.80. The van der Waals surface area contributed by atoms with Crippen LogP contribution in [0, 0.1) is 5.92 Å². The summed E-state index contributed by atoms with van der Waals surface area (Å²) in [4.78, 5) is 12.0. The molecule has 1 atom stereocenters. The third-order valence-corrected chi connectivity index (χ3v) is 2.67. The van der Waals surface area contributed by atoms with Gasteiger partial charge in [-0.2, -0.15) is 5.10 Å². The lowest BCUT2D eigenvalue weighted by Gasteiger charge is -2.08. The maximum absolute atomic E-state index is 11.8. The molecule has 2 heterocycles. The Morgan fingerprint density at radius 1 is 1.75 bits per heavy atom. The van der Waals surface area contributed by atoms with Crippen LogP contribution >= 0.6 is 12.2 Å². The molecule has 0 bridgehead atoms. The topological polar surface area (TPSA) is 93.0 Å². The first-order valence-corrected chi connectivity index (χ1v) is 5.31. The van der Waals surface area contributed by atoms with E-state index in [-0.39, 0.29) is 16.8 Å². The van der Waals surface area contributed by atoms with Gasteiger partial charge in [-0.25, -0.2) is 0 Å². The Balaban J connectivity index is 2.05. The highest BCUT2D eigenvalue weighted by atomic mass is 32.1. The van der Waals surface area contributed by atoms with Crippen LogP contribution in [-0.4, -0.2) is 34.3 Å². The summed E-state index contributed by atoms with van der Waals surface area (Å²) in [7, 11) is 0. The van der Waals surface area contributed by atoms with E-state index in [4.69, 9.17) is 22.7 Å². The first-order chi connectivity index (χ1) is 7.68. The number of rotatable bonds is 3. The number of H-pyrrole nitrogens is 1. The van der Waals surface area contributed by atoms with Gasteiger partial charge < -0.3 is 15.8 Å². The lowest BCUT2D eigenvalue weighted by molar-refractivity contribution is -0.119. The Morgan fingerprint density at radius 3 is 3.19 bits per heavy atom. The molecular formula is C9H12N4O2S. The number of nitrogens with two attached hydrogens (primary N) is 1. The van der Waals surface area contributed by atoms with E-state index < -0.39 is 0 Å². The Labute approximate surface area is 97.5 Å². The van der Waals surface area contributed by atoms with Crippen LogP contribution in [0.2, 0.25) is 0 Å². The Morgan fingerprint density at radius 2 is 2.56 bits per heavy atom. The lowest BCUT2D eigenvalue weighted by Crippen LogP contribution is -2.24. The molecule has 1 aliphatic heterocycles. The van der Waals surface area contributed by atoms with Gasteiger partial charge in [-0.15, -0.1) is 0 Å². The largest absolute Gasteiger partial charge is 0.389 e. The molecule has 1 fully saturated rings. The smallest absolute Gasteiger partial charge is 0.231 e. The van der Waals surface area contributed by atoms with E-state index in [2.05, 4.69) is 15.5 Å². The first-order valence-electron chi connectivity index (χ1n) is 4.90. The minimum atomic E-state index is -0.109. The average Bonchev–Trinajstić information content (AvgIpc) is 2.86. The number of nitrogens with zero attached hydrogens (tertiary/aromatic N) is 1. The summed E-state index contributed by atoms with van der Waals surface area (Å²) < 4.78 is 5.14. The van der Waals surface area contributed by atoms with Gasteiger partial charge in [0.25, 0.3) is 0 Å². The summed E-state index contributed by atoms with van der Waals surface area (Å²) in [6, 6.07) is 0. The fourth-order valence-corrected chi connectivity index (χ4v) is 1.69. The molecule has 1 unspecified atom stereocenters. The molecule has 0 aliphatic carbocycles. The second-order valence-electron chi connectivity index (χ2n) is 3.57. The number of amides is 1. The molecule has 0 radical (unpaired) electrons. The number of anilines is 1. The lowest BCUT2D eigenvalue weighted by atomic mass is 10.1. The van der Waals surface area contributed by atoms with Crippen molar-refractivity contribution in [1.29, 1.82) is 0 Å². The van der Waals surface area contributed by atoms with Gasteiger partial charge in [0.1, 0.15) is 10.8 Å². The quantitative estimate of drug-likeness (QED) is 0.648. The van der Waals surface area contributed by atoms with Crippen LogP contribution in [0.3, 0.4) is 0 Å². The second kappa shape index (κ2) is 4.58. The first kappa shape index (κ1) is 11.0.